The van der Waals surface area contributed by atoms with E-state index in [0.29, 0.717) is 30.4 Å². The van der Waals surface area contributed by atoms with Gasteiger partial charge in [0.15, 0.2) is 0 Å². The summed E-state index contributed by atoms with van der Waals surface area (Å²) >= 11 is 7.60. The highest BCUT2D eigenvalue weighted by Gasteiger charge is 2.34. The zero-order valence-electron chi connectivity index (χ0n) is 17.8. The lowest BCUT2D eigenvalue weighted by atomic mass is 10.0. The Bertz CT molecular complexity index is 969. The van der Waals surface area contributed by atoms with E-state index in [1.807, 2.05) is 11.8 Å². The van der Waals surface area contributed by atoms with E-state index in [1.54, 1.807) is 17.3 Å². The van der Waals surface area contributed by atoms with Crippen molar-refractivity contribution in [3.05, 3.63) is 52.2 Å². The zero-order chi connectivity index (χ0) is 21.4. The molecule has 3 heterocycles. The maximum absolute atomic E-state index is 13.7. The second kappa shape index (κ2) is 11.2. The summed E-state index contributed by atoms with van der Waals surface area (Å²) in [5, 5.41) is 0.434. The third-order valence-electron chi connectivity index (χ3n) is 5.79. The van der Waals surface area contributed by atoms with E-state index in [0.717, 1.165) is 17.3 Å². The van der Waals surface area contributed by atoms with Crippen LogP contribution in [-0.4, -0.2) is 52.5 Å². The molecule has 1 amide bonds. The molecule has 32 heavy (non-hydrogen) atoms. The van der Waals surface area contributed by atoms with Crippen molar-refractivity contribution >= 4 is 59.9 Å². The average Bonchev–Trinajstić information content (AvgIpc) is 3.11. The molecule has 0 spiro atoms. The minimum atomic E-state index is -0.718. The van der Waals surface area contributed by atoms with E-state index in [9.17, 15) is 9.18 Å². The Labute approximate surface area is 209 Å². The fourth-order valence-corrected chi connectivity index (χ4v) is 5.35. The number of anilines is 1. The summed E-state index contributed by atoms with van der Waals surface area (Å²) in [4.78, 5) is 26.0. The van der Waals surface area contributed by atoms with Gasteiger partial charge in [0.05, 0.1) is 16.8 Å². The van der Waals surface area contributed by atoms with Crippen LogP contribution in [0.25, 0.3) is 0 Å². The van der Waals surface area contributed by atoms with E-state index in [1.165, 1.54) is 17.7 Å². The number of rotatable bonds is 4. The summed E-state index contributed by atoms with van der Waals surface area (Å²) in [5.41, 5.74) is 9.16. The number of hydrogen-bond donors (Lipinski definition) is 1. The standard InChI is InChI=1S/C21H25ClFN5OS.2ClH/c1-12-9-27(21(29)17(24)8-14-3-4-15(22)16(23)7-14)5-6-28(12)20-19-13(2)30-10-18(19)25-11-26-20;;/h3-4,7,11-13,17H,5-6,8-10,24H2,1-2H3;2*1H/t12-,13-,17+;;/m0../s1. The van der Waals surface area contributed by atoms with E-state index < -0.39 is 11.9 Å². The number of nitrogens with two attached hydrogens (primary N) is 1. The Balaban J connectivity index is 0.00000181. The number of carbonyl (C=O) groups is 1. The van der Waals surface area contributed by atoms with Crippen molar-refractivity contribution in [2.75, 3.05) is 24.5 Å². The quantitative estimate of drug-likeness (QED) is 0.653. The molecule has 3 atom stereocenters. The number of thioether (sulfide) groups is 1. The minimum Gasteiger partial charge on any atom is -0.350 e. The first-order chi connectivity index (χ1) is 14.3. The van der Waals surface area contributed by atoms with Gasteiger partial charge in [-0.25, -0.2) is 14.4 Å². The number of piperazine rings is 1. The molecule has 2 aliphatic rings. The summed E-state index contributed by atoms with van der Waals surface area (Å²) in [6.45, 7) is 6.12. The van der Waals surface area contributed by atoms with Gasteiger partial charge in [-0.15, -0.1) is 36.6 Å². The average molecular weight is 523 g/mol. The fourth-order valence-electron chi connectivity index (χ4n) is 4.18. The van der Waals surface area contributed by atoms with E-state index in [-0.39, 0.29) is 48.2 Å². The highest BCUT2D eigenvalue weighted by atomic mass is 35.5. The zero-order valence-corrected chi connectivity index (χ0v) is 21.0. The SMILES string of the molecule is C[C@@H]1SCc2ncnc(N3CCN(C(=O)[C@H](N)Cc4ccc(Cl)c(F)c4)C[C@@H]3C)c21.Cl.Cl. The maximum Gasteiger partial charge on any atom is 0.239 e. The second-order valence-corrected chi connectivity index (χ2v) is 9.63. The summed E-state index contributed by atoms with van der Waals surface area (Å²) in [6.07, 6.45) is 1.91. The predicted molar refractivity (Wildman–Crippen MR) is 133 cm³/mol. The van der Waals surface area contributed by atoms with Crippen LogP contribution in [0.3, 0.4) is 0 Å². The van der Waals surface area contributed by atoms with Crippen molar-refractivity contribution in [1.82, 2.24) is 14.9 Å². The third kappa shape index (κ3) is 5.42. The number of hydrogen-bond acceptors (Lipinski definition) is 6. The Morgan fingerprint density at radius 3 is 2.75 bits per heavy atom. The van der Waals surface area contributed by atoms with Crippen LogP contribution in [0.5, 0.6) is 0 Å². The van der Waals surface area contributed by atoms with E-state index in [2.05, 4.69) is 28.7 Å². The Morgan fingerprint density at radius 2 is 2.06 bits per heavy atom. The molecule has 0 aliphatic carbocycles. The monoisotopic (exact) mass is 521 g/mol. The molecule has 6 nitrogen and oxygen atoms in total. The number of nitrogens with zero attached hydrogens (tertiary/aromatic N) is 4. The number of fused-ring (bicyclic) bond motifs is 1. The molecule has 1 aromatic heterocycles. The summed E-state index contributed by atoms with van der Waals surface area (Å²) in [5.74, 6) is 1.28. The molecule has 176 valence electrons. The first-order valence-corrected chi connectivity index (χ1v) is 11.5. The van der Waals surface area contributed by atoms with Crippen LogP contribution in [0.4, 0.5) is 10.2 Å². The van der Waals surface area contributed by atoms with Crippen LogP contribution in [0.2, 0.25) is 5.02 Å². The van der Waals surface area contributed by atoms with E-state index in [4.69, 9.17) is 17.3 Å². The molecule has 0 radical (unpaired) electrons. The molecule has 11 heteroatoms. The van der Waals surface area contributed by atoms with Crippen molar-refractivity contribution in [3.8, 4) is 0 Å². The van der Waals surface area contributed by atoms with Crippen molar-refractivity contribution in [2.24, 2.45) is 5.73 Å². The molecular formula is C21H27Cl3FN5OS. The third-order valence-corrected chi connectivity index (χ3v) is 7.27. The Morgan fingerprint density at radius 1 is 1.31 bits per heavy atom. The van der Waals surface area contributed by atoms with Gasteiger partial charge in [0, 0.05) is 42.2 Å². The number of carbonyl (C=O) groups excluding carboxylic acids is 1. The van der Waals surface area contributed by atoms with Crippen LogP contribution in [0.15, 0.2) is 24.5 Å². The van der Waals surface area contributed by atoms with Crippen LogP contribution in [-0.2, 0) is 17.0 Å². The lowest BCUT2D eigenvalue weighted by molar-refractivity contribution is -0.133. The maximum atomic E-state index is 13.7. The molecule has 0 bridgehead atoms. The molecule has 2 aliphatic heterocycles. The van der Waals surface area contributed by atoms with Gasteiger partial charge < -0.3 is 15.5 Å². The molecular weight excluding hydrogens is 496 g/mol. The van der Waals surface area contributed by atoms with Crippen LogP contribution in [0, 0.1) is 5.82 Å². The molecule has 1 aromatic carbocycles. The van der Waals surface area contributed by atoms with Gasteiger partial charge in [0.1, 0.15) is 18.0 Å². The lowest BCUT2D eigenvalue weighted by Crippen LogP contribution is -2.57. The fraction of sp³-hybridized carbons (Fsp3) is 0.476. The highest BCUT2D eigenvalue weighted by molar-refractivity contribution is 7.99. The first-order valence-electron chi connectivity index (χ1n) is 10.1. The van der Waals surface area contributed by atoms with Gasteiger partial charge in [-0.2, -0.15) is 0 Å². The lowest BCUT2D eigenvalue weighted by Gasteiger charge is -2.42. The Kier molecular flexibility index (Phi) is 9.43. The number of benzene rings is 1. The van der Waals surface area contributed by atoms with Crippen LogP contribution in [0.1, 0.15) is 35.9 Å². The first kappa shape index (κ1) is 26.9. The van der Waals surface area contributed by atoms with Crippen LogP contribution < -0.4 is 10.6 Å². The van der Waals surface area contributed by atoms with Crippen molar-refractivity contribution in [1.29, 1.82) is 0 Å². The second-order valence-electron chi connectivity index (χ2n) is 7.90. The summed E-state index contributed by atoms with van der Waals surface area (Å²) in [7, 11) is 0. The minimum absolute atomic E-state index is 0. The molecule has 1 saturated heterocycles. The van der Waals surface area contributed by atoms with Crippen molar-refractivity contribution in [2.45, 2.75) is 43.4 Å². The normalized spacial score (nSPS) is 20.8. The van der Waals surface area contributed by atoms with Gasteiger partial charge in [0.2, 0.25) is 5.91 Å². The molecule has 2 aromatic rings. The molecule has 0 unspecified atom stereocenters. The highest BCUT2D eigenvalue weighted by Crippen LogP contribution is 2.44. The van der Waals surface area contributed by atoms with Gasteiger partial charge in [0.25, 0.3) is 0 Å². The van der Waals surface area contributed by atoms with Gasteiger partial charge in [-0.05, 0) is 38.0 Å². The summed E-state index contributed by atoms with van der Waals surface area (Å²) < 4.78 is 13.7. The van der Waals surface area contributed by atoms with Crippen molar-refractivity contribution in [3.63, 3.8) is 0 Å². The summed E-state index contributed by atoms with van der Waals surface area (Å²) in [6, 6.07) is 3.92. The van der Waals surface area contributed by atoms with Gasteiger partial charge in [-0.3, -0.25) is 4.79 Å². The van der Waals surface area contributed by atoms with Gasteiger partial charge in [-0.1, -0.05) is 17.7 Å². The number of halogens is 4. The van der Waals surface area contributed by atoms with E-state index >= 15 is 0 Å². The Hall–Kier alpha value is -1.32. The topological polar surface area (TPSA) is 75.4 Å². The smallest absolute Gasteiger partial charge is 0.239 e. The molecule has 1 fully saturated rings. The van der Waals surface area contributed by atoms with Gasteiger partial charge >= 0.3 is 0 Å². The predicted octanol–water partition coefficient (Wildman–Crippen LogP) is 4.03. The largest absolute Gasteiger partial charge is 0.350 e. The van der Waals surface area contributed by atoms with Crippen LogP contribution >= 0.6 is 48.2 Å². The molecule has 0 saturated carbocycles. The van der Waals surface area contributed by atoms with Crippen molar-refractivity contribution < 1.29 is 9.18 Å². The molecule has 2 N–H and O–H groups in total. The molecule has 4 rings (SSSR count). The number of aromatic nitrogens is 2. The number of amides is 1.